The summed E-state index contributed by atoms with van der Waals surface area (Å²) >= 11 is 7.40. The van der Waals surface area contributed by atoms with Crippen molar-refractivity contribution < 1.29 is 26.7 Å². The third-order valence-electron chi connectivity index (χ3n) is 12.4. The molecule has 0 aliphatic heterocycles. The largest absolute Gasteiger partial charge is 2.00 e. The van der Waals surface area contributed by atoms with Crippen molar-refractivity contribution in [2.24, 2.45) is 0 Å². The molecule has 414 valence electrons. The van der Waals surface area contributed by atoms with E-state index in [1.807, 2.05) is 72.8 Å². The van der Waals surface area contributed by atoms with E-state index in [9.17, 15) is 9.59 Å². The second-order valence-corrected chi connectivity index (χ2v) is 18.8. The van der Waals surface area contributed by atoms with Crippen LogP contribution in [0, 0.1) is 0 Å². The van der Waals surface area contributed by atoms with Gasteiger partial charge in [0.15, 0.2) is 0 Å². The molecular weight excluding hydrogens is 1040 g/mol. The molecule has 0 saturated carbocycles. The first kappa shape index (κ1) is 67.0. The molecule has 0 aliphatic rings. The van der Waals surface area contributed by atoms with Crippen LogP contribution < -0.4 is 10.9 Å². The first-order chi connectivity index (χ1) is 37.4. The smallest absolute Gasteiger partial charge is 0.753 e. The molecule has 2 N–H and O–H groups in total. The minimum atomic E-state index is -0.0535. The van der Waals surface area contributed by atoms with Crippen LogP contribution in [0.25, 0.3) is 56.9 Å². The number of carbonyl (C=O) groups excluding carboxylic acids is 2. The zero-order chi connectivity index (χ0) is 54.5. The average molecular weight is 1130 g/mol. The third kappa shape index (κ3) is 28.8. The maximum absolute atomic E-state index is 12.8. The van der Waals surface area contributed by atoms with Gasteiger partial charge in [0.2, 0.25) is 35.1 Å². The Kier molecular flexibility index (Phi) is 39.2. The van der Waals surface area contributed by atoms with Crippen LogP contribution >= 0.6 is 24.4 Å². The van der Waals surface area contributed by atoms with Gasteiger partial charge in [-0.25, -0.2) is 9.35 Å². The average Bonchev–Trinajstić information content (AvgIpc) is 4.07. The molecule has 0 spiro atoms. The predicted octanol–water partition coefficient (Wildman–Crippen LogP) is 15.2. The third-order valence-corrected chi connectivity index (χ3v) is 12.4. The van der Waals surface area contributed by atoms with Gasteiger partial charge in [0.25, 0.3) is 0 Å². The van der Waals surface area contributed by atoms with Gasteiger partial charge >= 0.3 is 17.1 Å². The fraction of sp³-hybridized carbons (Fsp3) is 0.517. The molecule has 0 radical (unpaired) electrons. The molecule has 0 fully saturated rings. The molecule has 6 aromatic heterocycles. The number of isothiocyanates is 2. The van der Waals surface area contributed by atoms with Crippen LogP contribution in [0.15, 0.2) is 97.6 Å². The Bertz CT molecular complexity index is 2200. The standard InChI is InChI=1S/2C28H40N6O.2CNS.Fe/c2*1-2-3-4-5-6-7-8-9-10-11-12-13-14-21-26(35)33-34-27(24-19-15-17-22-29-24)31-32-28(34)25-20-16-18-23-30-25;2*2-1-3;/h2*15-20,22-23H,2-14,21H2,1H3,(H,33,35);;;/q;;2*-1;+2. The van der Waals surface area contributed by atoms with E-state index in [4.69, 9.17) is 10.8 Å². The molecule has 0 atom stereocenters. The van der Waals surface area contributed by atoms with Gasteiger partial charge in [-0.2, -0.15) is 10.3 Å². The van der Waals surface area contributed by atoms with E-state index in [2.05, 4.69) is 89.5 Å². The van der Waals surface area contributed by atoms with Gasteiger partial charge in [-0.1, -0.05) is 217 Å². The number of aromatic nitrogens is 10. The van der Waals surface area contributed by atoms with Crippen LogP contribution in [-0.4, -0.2) is 71.8 Å². The van der Waals surface area contributed by atoms with Crippen molar-refractivity contribution in [3.63, 3.8) is 0 Å². The molecule has 0 bridgehead atoms. The molecular formula is C58H80FeN14O2S2. The minimum Gasteiger partial charge on any atom is -0.753 e. The first-order valence-corrected chi connectivity index (χ1v) is 28.4. The normalized spacial score (nSPS) is 10.2. The maximum Gasteiger partial charge on any atom is 2.00 e. The van der Waals surface area contributed by atoms with Crippen molar-refractivity contribution in [2.45, 2.75) is 194 Å². The Morgan fingerprint density at radius 1 is 0.403 bits per heavy atom. The van der Waals surface area contributed by atoms with E-state index in [1.165, 1.54) is 152 Å². The number of thiocarbonyl (C=S) groups is 2. The quantitative estimate of drug-likeness (QED) is 0.0167. The van der Waals surface area contributed by atoms with E-state index >= 15 is 0 Å². The number of carbonyl (C=O) groups is 2. The van der Waals surface area contributed by atoms with E-state index < -0.39 is 0 Å². The molecule has 0 aliphatic carbocycles. The molecule has 2 amide bonds. The van der Waals surface area contributed by atoms with Crippen molar-refractivity contribution in [3.05, 3.63) is 108 Å². The second kappa shape index (κ2) is 45.0. The summed E-state index contributed by atoms with van der Waals surface area (Å²) in [6.07, 6.45) is 41.1. The molecule has 6 rings (SSSR count). The number of nitrogens with one attached hydrogen (secondary N) is 2. The van der Waals surface area contributed by atoms with Gasteiger partial charge in [-0.05, 0) is 61.4 Å². The Hall–Kier alpha value is -6.06. The molecule has 77 heavy (non-hydrogen) atoms. The Morgan fingerprint density at radius 3 is 0.805 bits per heavy atom. The fourth-order valence-electron chi connectivity index (χ4n) is 8.39. The number of hydrogen-bond acceptors (Lipinski definition) is 12. The summed E-state index contributed by atoms with van der Waals surface area (Å²) in [5.74, 6) is 1.86. The molecule has 19 heteroatoms. The summed E-state index contributed by atoms with van der Waals surface area (Å²) in [7, 11) is 0. The zero-order valence-electron chi connectivity index (χ0n) is 45.4. The number of hydrogen-bond donors (Lipinski definition) is 2. The summed E-state index contributed by atoms with van der Waals surface area (Å²) in [4.78, 5) is 43.0. The molecule has 0 saturated heterocycles. The van der Waals surface area contributed by atoms with Crippen LogP contribution in [0.1, 0.15) is 194 Å². The Labute approximate surface area is 479 Å². The summed E-state index contributed by atoms with van der Waals surface area (Å²) < 4.78 is 3.21. The van der Waals surface area contributed by atoms with Gasteiger partial charge in [-0.3, -0.25) is 40.4 Å². The van der Waals surface area contributed by atoms with Gasteiger partial charge in [-0.15, -0.1) is 20.4 Å². The molecule has 0 unspecified atom stereocenters. The molecule has 16 nitrogen and oxygen atoms in total. The number of pyridine rings is 4. The zero-order valence-corrected chi connectivity index (χ0v) is 48.1. The SMILES string of the molecule is CCCCCCCCCCCCCCCC(=O)Nn1c(-c2ccccn2)nnc1-c1ccccn1.CCCCCCCCCCCCCCCC(=O)Nn1c(-c2ccccn2)nnc1-c1ccccn1.[Fe+2].[N-]=C=S.[N-]=C=S. The molecule has 6 heterocycles. The predicted molar refractivity (Wildman–Crippen MR) is 314 cm³/mol. The summed E-state index contributed by atoms with van der Waals surface area (Å²) in [6, 6.07) is 22.3. The monoisotopic (exact) mass is 1120 g/mol. The second-order valence-electron chi connectivity index (χ2n) is 18.5. The number of amides is 2. The fourth-order valence-corrected chi connectivity index (χ4v) is 8.39. The summed E-state index contributed by atoms with van der Waals surface area (Å²) in [5.41, 5.74) is 8.51. The van der Waals surface area contributed by atoms with Gasteiger partial charge in [0, 0.05) is 37.6 Å². The maximum atomic E-state index is 12.8. The van der Waals surface area contributed by atoms with E-state index in [0.29, 0.717) is 58.9 Å². The van der Waals surface area contributed by atoms with Gasteiger partial charge in [0.1, 0.15) is 22.8 Å². The van der Waals surface area contributed by atoms with Crippen LogP contribution in [-0.2, 0) is 26.7 Å². The van der Waals surface area contributed by atoms with Gasteiger partial charge in [0.05, 0.1) is 0 Å². The minimum absolute atomic E-state index is 0. The topological polar surface area (TPSA) is 216 Å². The van der Waals surface area contributed by atoms with Crippen molar-refractivity contribution in [3.8, 4) is 46.1 Å². The first-order valence-electron chi connectivity index (χ1n) is 27.6. The van der Waals surface area contributed by atoms with Crippen molar-refractivity contribution >= 4 is 46.6 Å². The molecule has 0 aromatic carbocycles. The van der Waals surface area contributed by atoms with E-state index in [0.717, 1.165) is 25.7 Å². The van der Waals surface area contributed by atoms with Crippen LogP contribution in [0.5, 0.6) is 0 Å². The van der Waals surface area contributed by atoms with Crippen molar-refractivity contribution in [2.75, 3.05) is 10.9 Å². The van der Waals surface area contributed by atoms with E-state index in [1.54, 1.807) is 34.1 Å². The van der Waals surface area contributed by atoms with Crippen LogP contribution in [0.4, 0.5) is 0 Å². The van der Waals surface area contributed by atoms with Crippen LogP contribution in [0.2, 0.25) is 0 Å². The Morgan fingerprint density at radius 2 is 0.610 bits per heavy atom. The number of unbranched alkanes of at least 4 members (excludes halogenated alkanes) is 24. The Balaban J connectivity index is 0.000000472. The number of rotatable bonds is 34. The number of nitrogens with zero attached hydrogens (tertiary/aromatic N) is 12. The van der Waals surface area contributed by atoms with Crippen molar-refractivity contribution in [1.82, 2.24) is 49.7 Å². The van der Waals surface area contributed by atoms with Gasteiger partial charge < -0.3 is 10.8 Å². The summed E-state index contributed by atoms with van der Waals surface area (Å²) in [5, 5.41) is 34.1. The van der Waals surface area contributed by atoms with Crippen molar-refractivity contribution in [1.29, 1.82) is 0 Å². The van der Waals surface area contributed by atoms with Crippen LogP contribution in [0.3, 0.4) is 0 Å². The molecule has 6 aromatic rings. The van der Waals surface area contributed by atoms with E-state index in [-0.39, 0.29) is 28.9 Å². The summed E-state index contributed by atoms with van der Waals surface area (Å²) in [6.45, 7) is 4.53.